The molecule has 5 aromatic rings. The number of rotatable bonds is 14. The lowest BCUT2D eigenvalue weighted by molar-refractivity contribution is -0.116. The van der Waals surface area contributed by atoms with Crippen LogP contribution in [0.5, 0.6) is 0 Å². The van der Waals surface area contributed by atoms with Crippen molar-refractivity contribution < 1.29 is 14.3 Å². The van der Waals surface area contributed by atoms with Crippen molar-refractivity contribution in [1.82, 2.24) is 19.3 Å². The van der Waals surface area contributed by atoms with E-state index < -0.39 is 8.07 Å². The van der Waals surface area contributed by atoms with Gasteiger partial charge < -0.3 is 14.6 Å². The van der Waals surface area contributed by atoms with Gasteiger partial charge in [0.1, 0.15) is 6.73 Å². The third-order valence-electron chi connectivity index (χ3n) is 7.22. The molecule has 5 rings (SSSR count). The molecule has 0 radical (unpaired) electrons. The van der Waals surface area contributed by atoms with E-state index in [0.717, 1.165) is 40.7 Å². The van der Waals surface area contributed by atoms with Crippen LogP contribution in [0.2, 0.25) is 25.7 Å². The maximum absolute atomic E-state index is 13.5. The average Bonchev–Trinajstić information content (AvgIpc) is 3.66. The molecule has 0 saturated heterocycles. The topological polar surface area (TPSA) is 103 Å². The summed E-state index contributed by atoms with van der Waals surface area (Å²) in [4.78, 5) is 30.7. The number of para-hydroxylation sites is 1. The van der Waals surface area contributed by atoms with E-state index in [1.165, 1.54) is 0 Å². The number of aryl methyl sites for hydroxylation is 1. The SMILES string of the molecule is C[Si](C)(C)CCOCn1cc(-c2cccc(C(=O)Nc3nc(CCC(=O)Nc4ccccc4)cn3Cc3ccccc3)c2)cn1. The van der Waals surface area contributed by atoms with E-state index in [-0.39, 0.29) is 18.2 Å². The second-order valence-corrected chi connectivity index (χ2v) is 17.9. The van der Waals surface area contributed by atoms with Crippen molar-refractivity contribution in [2.45, 2.75) is 51.8 Å². The lowest BCUT2D eigenvalue weighted by Crippen LogP contribution is -2.22. The van der Waals surface area contributed by atoms with Crippen molar-refractivity contribution >= 4 is 31.5 Å². The first-order chi connectivity index (χ1) is 21.7. The van der Waals surface area contributed by atoms with Crippen LogP contribution in [0, 0.1) is 0 Å². The number of hydrogen-bond donors (Lipinski definition) is 2. The zero-order chi connectivity index (χ0) is 31.6. The number of carbonyl (C=O) groups is 2. The molecule has 3 aromatic carbocycles. The highest BCUT2D eigenvalue weighted by molar-refractivity contribution is 6.76. The first-order valence-corrected chi connectivity index (χ1v) is 18.9. The number of ether oxygens (including phenoxy) is 1. The van der Waals surface area contributed by atoms with Crippen LogP contribution in [0.25, 0.3) is 11.1 Å². The lowest BCUT2D eigenvalue weighted by Gasteiger charge is -2.15. The summed E-state index contributed by atoms with van der Waals surface area (Å²) in [6, 6.07) is 27.9. The second-order valence-electron chi connectivity index (χ2n) is 12.2. The molecular formula is C35H40N6O3Si. The summed E-state index contributed by atoms with van der Waals surface area (Å²) in [5, 5.41) is 10.3. The molecule has 2 N–H and O–H groups in total. The largest absolute Gasteiger partial charge is 0.360 e. The highest BCUT2D eigenvalue weighted by atomic mass is 28.3. The van der Waals surface area contributed by atoms with Crippen molar-refractivity contribution in [2.75, 3.05) is 17.2 Å². The van der Waals surface area contributed by atoms with Gasteiger partial charge in [-0.05, 0) is 41.4 Å². The van der Waals surface area contributed by atoms with E-state index in [0.29, 0.717) is 31.2 Å². The Bertz CT molecular complexity index is 1710. The maximum atomic E-state index is 13.5. The number of aromatic nitrogens is 4. The van der Waals surface area contributed by atoms with Crippen LogP contribution < -0.4 is 10.6 Å². The first-order valence-electron chi connectivity index (χ1n) is 15.2. The van der Waals surface area contributed by atoms with E-state index in [4.69, 9.17) is 9.72 Å². The van der Waals surface area contributed by atoms with E-state index >= 15 is 0 Å². The zero-order valence-corrected chi connectivity index (χ0v) is 27.1. The third-order valence-corrected chi connectivity index (χ3v) is 8.93. The van der Waals surface area contributed by atoms with Crippen LogP contribution in [0.3, 0.4) is 0 Å². The predicted octanol–water partition coefficient (Wildman–Crippen LogP) is 6.93. The van der Waals surface area contributed by atoms with Crippen molar-refractivity contribution in [3.63, 3.8) is 0 Å². The molecular weight excluding hydrogens is 581 g/mol. The molecule has 0 bridgehead atoms. The molecule has 2 aromatic heterocycles. The standard InChI is InChI=1S/C35H40N6O3Si/c1-45(2,3)20-19-44-26-41-24-30(22-36-41)28-13-10-14-29(21-28)34(43)39-35-38-32(25-40(35)23-27-11-6-4-7-12-27)17-18-33(42)37-31-15-8-5-9-16-31/h4-16,21-22,24-25H,17-20,23,26H2,1-3H3,(H,37,42)(H,38,39,43). The predicted molar refractivity (Wildman–Crippen MR) is 181 cm³/mol. The summed E-state index contributed by atoms with van der Waals surface area (Å²) in [6.07, 6.45) is 6.31. The van der Waals surface area contributed by atoms with Gasteiger partial charge in [0.05, 0.1) is 18.4 Å². The Kier molecular flexibility index (Phi) is 10.4. The Labute approximate surface area is 265 Å². The van der Waals surface area contributed by atoms with E-state index in [2.05, 4.69) is 35.4 Å². The minimum absolute atomic E-state index is 0.0948. The number of hydrogen-bond acceptors (Lipinski definition) is 5. The summed E-state index contributed by atoms with van der Waals surface area (Å²) in [5.74, 6) is 0.0610. The summed E-state index contributed by atoms with van der Waals surface area (Å²) >= 11 is 0. The second kappa shape index (κ2) is 14.8. The molecule has 0 spiro atoms. The third kappa shape index (κ3) is 9.59. The van der Waals surface area contributed by atoms with Gasteiger partial charge in [-0.25, -0.2) is 9.67 Å². The summed E-state index contributed by atoms with van der Waals surface area (Å²) in [5.41, 5.74) is 4.84. The first kappa shape index (κ1) is 31.6. The number of benzene rings is 3. The molecule has 232 valence electrons. The molecule has 0 aliphatic heterocycles. The number of carbonyl (C=O) groups excluding carboxylic acids is 2. The van der Waals surface area contributed by atoms with Crippen LogP contribution in [0.1, 0.15) is 28.0 Å². The van der Waals surface area contributed by atoms with Gasteiger partial charge in [0.2, 0.25) is 11.9 Å². The monoisotopic (exact) mass is 620 g/mol. The van der Waals surface area contributed by atoms with Gasteiger partial charge in [-0.1, -0.05) is 80.3 Å². The van der Waals surface area contributed by atoms with Crippen molar-refractivity contribution in [3.05, 3.63) is 120 Å². The number of anilines is 2. The molecule has 0 unspecified atom stereocenters. The van der Waals surface area contributed by atoms with E-state index in [1.807, 2.05) is 95.8 Å². The molecule has 0 aliphatic rings. The van der Waals surface area contributed by atoms with Gasteiger partial charge >= 0.3 is 0 Å². The molecule has 2 heterocycles. The Hall–Kier alpha value is -4.80. The highest BCUT2D eigenvalue weighted by Crippen LogP contribution is 2.22. The minimum Gasteiger partial charge on any atom is -0.360 e. The number of imidazole rings is 1. The number of nitrogens with one attached hydrogen (secondary N) is 2. The van der Waals surface area contributed by atoms with Crippen molar-refractivity contribution in [2.24, 2.45) is 0 Å². The van der Waals surface area contributed by atoms with Gasteiger partial charge in [-0.15, -0.1) is 0 Å². The van der Waals surface area contributed by atoms with E-state index in [9.17, 15) is 9.59 Å². The minimum atomic E-state index is -1.15. The van der Waals surface area contributed by atoms with Crippen molar-refractivity contribution in [1.29, 1.82) is 0 Å². The maximum Gasteiger partial charge on any atom is 0.257 e. The van der Waals surface area contributed by atoms with Crippen LogP contribution in [-0.4, -0.2) is 45.8 Å². The van der Waals surface area contributed by atoms with Crippen molar-refractivity contribution in [3.8, 4) is 11.1 Å². The lowest BCUT2D eigenvalue weighted by atomic mass is 10.1. The quantitative estimate of drug-likeness (QED) is 0.104. The fourth-order valence-electron chi connectivity index (χ4n) is 4.71. The smallest absolute Gasteiger partial charge is 0.257 e. The normalized spacial score (nSPS) is 11.4. The molecule has 2 amide bonds. The van der Waals surface area contributed by atoms with Crippen LogP contribution >= 0.6 is 0 Å². The molecule has 45 heavy (non-hydrogen) atoms. The van der Waals surface area contributed by atoms with Crippen LogP contribution in [0.15, 0.2) is 104 Å². The fourth-order valence-corrected chi connectivity index (χ4v) is 5.47. The fraction of sp³-hybridized carbons (Fsp3) is 0.257. The summed E-state index contributed by atoms with van der Waals surface area (Å²) in [6.45, 7) is 8.63. The zero-order valence-electron chi connectivity index (χ0n) is 26.1. The molecule has 0 saturated carbocycles. The molecule has 0 aliphatic carbocycles. The summed E-state index contributed by atoms with van der Waals surface area (Å²) < 4.78 is 9.51. The average molecular weight is 621 g/mol. The highest BCUT2D eigenvalue weighted by Gasteiger charge is 2.16. The Morgan fingerprint density at radius 2 is 1.62 bits per heavy atom. The summed E-state index contributed by atoms with van der Waals surface area (Å²) in [7, 11) is -1.15. The van der Waals surface area contributed by atoms with Gasteiger partial charge in [0, 0.05) is 56.7 Å². The van der Waals surface area contributed by atoms with Crippen LogP contribution in [-0.2, 0) is 29.2 Å². The van der Waals surface area contributed by atoms with Crippen LogP contribution in [0.4, 0.5) is 11.6 Å². The van der Waals surface area contributed by atoms with E-state index in [1.54, 1.807) is 16.9 Å². The Balaban J connectivity index is 1.26. The molecule has 9 nitrogen and oxygen atoms in total. The Morgan fingerprint density at radius 1 is 0.867 bits per heavy atom. The molecule has 0 atom stereocenters. The van der Waals surface area contributed by atoms with Gasteiger partial charge in [0.25, 0.3) is 5.91 Å². The number of nitrogens with zero attached hydrogens (tertiary/aromatic N) is 4. The molecule has 10 heteroatoms. The van der Waals surface area contributed by atoms with Gasteiger partial charge in [-0.2, -0.15) is 5.10 Å². The van der Waals surface area contributed by atoms with Gasteiger partial charge in [-0.3, -0.25) is 14.9 Å². The molecule has 0 fully saturated rings. The Morgan fingerprint density at radius 3 is 2.38 bits per heavy atom. The number of amides is 2. The van der Waals surface area contributed by atoms with Gasteiger partial charge in [0.15, 0.2) is 0 Å².